The predicted molar refractivity (Wildman–Crippen MR) is 45.9 cm³/mol. The average molecular weight is 177 g/mol. The Bertz CT molecular complexity index is 151. The molecule has 0 aromatic carbocycles. The number of hydrogen-bond donors (Lipinski definition) is 1. The molecule has 0 saturated carbocycles. The van der Waals surface area contributed by atoms with Gasteiger partial charge in [-0.25, -0.2) is 0 Å². The van der Waals surface area contributed by atoms with Gasteiger partial charge in [0.25, 0.3) is 0 Å². The molecule has 0 radical (unpaired) electrons. The number of rotatable bonds is 5. The van der Waals surface area contributed by atoms with Crippen LogP contribution in [0.3, 0.4) is 0 Å². The lowest BCUT2D eigenvalue weighted by molar-refractivity contribution is 0.375. The predicted octanol–water partition coefficient (Wildman–Crippen LogP) is -0.129. The van der Waals surface area contributed by atoms with Gasteiger partial charge in [0.15, 0.2) is 0 Å². The molecule has 11 heavy (non-hydrogen) atoms. The van der Waals surface area contributed by atoms with Crippen molar-refractivity contribution >= 4 is 10.8 Å². The van der Waals surface area contributed by atoms with E-state index in [4.69, 9.17) is 10.5 Å². The van der Waals surface area contributed by atoms with E-state index >= 15 is 0 Å². The quantitative estimate of drug-likeness (QED) is 0.595. The largest absolute Gasteiger partial charge is 0.370 e. The summed E-state index contributed by atoms with van der Waals surface area (Å²) in [4.78, 5) is 0. The van der Waals surface area contributed by atoms with Crippen molar-refractivity contribution in [2.24, 2.45) is 5.73 Å². The molecule has 1 saturated heterocycles. The van der Waals surface area contributed by atoms with Gasteiger partial charge in [0.2, 0.25) is 0 Å². The second-order valence-electron chi connectivity index (χ2n) is 2.81. The van der Waals surface area contributed by atoms with E-state index in [1.807, 2.05) is 6.92 Å². The van der Waals surface area contributed by atoms with Gasteiger partial charge >= 0.3 is 0 Å². The molecule has 1 heterocycles. The zero-order valence-corrected chi connectivity index (χ0v) is 7.60. The van der Waals surface area contributed by atoms with E-state index in [-0.39, 0.29) is 0 Å². The molecule has 3 atom stereocenters. The summed E-state index contributed by atoms with van der Waals surface area (Å²) in [5.41, 5.74) is 5.25. The summed E-state index contributed by atoms with van der Waals surface area (Å²) in [7, 11) is -0.721. The fourth-order valence-electron chi connectivity index (χ4n) is 1.01. The molecule has 3 nitrogen and oxygen atoms in total. The zero-order chi connectivity index (χ0) is 8.27. The molecular weight excluding hydrogens is 162 g/mol. The zero-order valence-electron chi connectivity index (χ0n) is 6.79. The molecule has 0 spiro atoms. The van der Waals surface area contributed by atoms with Crippen LogP contribution < -0.4 is 5.73 Å². The molecule has 2 N–H and O–H groups in total. The Balaban J connectivity index is 1.98. The highest BCUT2D eigenvalue weighted by atomic mass is 32.2. The first-order chi connectivity index (χ1) is 5.24. The molecule has 0 aromatic rings. The van der Waals surface area contributed by atoms with Crippen molar-refractivity contribution in [2.75, 3.05) is 18.1 Å². The molecule has 0 aliphatic carbocycles. The average Bonchev–Trinajstić information content (AvgIpc) is 2.63. The number of ether oxygens (including phenoxy) is 1. The number of nitrogens with two attached hydrogens (primary N) is 1. The van der Waals surface area contributed by atoms with Crippen molar-refractivity contribution in [3.63, 3.8) is 0 Å². The lowest BCUT2D eigenvalue weighted by atomic mass is 10.3. The van der Waals surface area contributed by atoms with Gasteiger partial charge in [-0.15, -0.1) is 0 Å². The summed E-state index contributed by atoms with van der Waals surface area (Å²) >= 11 is 0. The standard InChI is InChI=1S/C7H15NO2S/c1-6-7(10-6)2-4-11(9)5-3-8/h6-7H,2-5,8H2,1H3. The Morgan fingerprint density at radius 3 is 2.64 bits per heavy atom. The minimum Gasteiger partial charge on any atom is -0.370 e. The van der Waals surface area contributed by atoms with Crippen molar-refractivity contribution in [1.29, 1.82) is 0 Å². The number of hydrogen-bond acceptors (Lipinski definition) is 3. The maximum Gasteiger partial charge on any atom is 0.0847 e. The van der Waals surface area contributed by atoms with Crippen molar-refractivity contribution in [3.05, 3.63) is 0 Å². The van der Waals surface area contributed by atoms with Crippen LogP contribution in [0.25, 0.3) is 0 Å². The molecule has 1 fully saturated rings. The second-order valence-corrected chi connectivity index (χ2v) is 4.50. The van der Waals surface area contributed by atoms with E-state index < -0.39 is 10.8 Å². The Labute approximate surface area is 69.8 Å². The van der Waals surface area contributed by atoms with Gasteiger partial charge in [-0.1, -0.05) is 0 Å². The van der Waals surface area contributed by atoms with Crippen LogP contribution in [-0.4, -0.2) is 34.5 Å². The van der Waals surface area contributed by atoms with Crippen LogP contribution in [0.15, 0.2) is 0 Å². The number of epoxide rings is 1. The molecule has 1 aliphatic heterocycles. The van der Waals surface area contributed by atoms with E-state index in [1.54, 1.807) is 0 Å². The van der Waals surface area contributed by atoms with Crippen molar-refractivity contribution < 1.29 is 8.95 Å². The molecule has 0 amide bonds. The third-order valence-electron chi connectivity index (χ3n) is 1.81. The normalized spacial score (nSPS) is 31.8. The minimum absolute atomic E-state index is 0.372. The minimum atomic E-state index is -0.721. The first-order valence-electron chi connectivity index (χ1n) is 3.94. The lowest BCUT2D eigenvalue weighted by Crippen LogP contribution is -2.13. The highest BCUT2D eigenvalue weighted by molar-refractivity contribution is 7.84. The smallest absolute Gasteiger partial charge is 0.0847 e. The Kier molecular flexibility index (Phi) is 3.48. The molecule has 4 heteroatoms. The topological polar surface area (TPSA) is 55.6 Å². The van der Waals surface area contributed by atoms with Crippen LogP contribution in [0.4, 0.5) is 0 Å². The monoisotopic (exact) mass is 177 g/mol. The van der Waals surface area contributed by atoms with Crippen LogP contribution in [0.5, 0.6) is 0 Å². The molecule has 0 bridgehead atoms. The Morgan fingerprint density at radius 2 is 2.18 bits per heavy atom. The van der Waals surface area contributed by atoms with Gasteiger partial charge in [0.1, 0.15) is 0 Å². The molecule has 66 valence electrons. The fraction of sp³-hybridized carbons (Fsp3) is 1.00. The third-order valence-corrected chi connectivity index (χ3v) is 3.19. The van der Waals surface area contributed by atoms with Crippen LogP contribution in [0.1, 0.15) is 13.3 Å². The summed E-state index contributed by atoms with van der Waals surface area (Å²) in [5.74, 6) is 1.37. The first kappa shape index (κ1) is 9.16. The van der Waals surface area contributed by atoms with Crippen LogP contribution in [0, 0.1) is 0 Å². The van der Waals surface area contributed by atoms with Crippen LogP contribution in [0.2, 0.25) is 0 Å². The van der Waals surface area contributed by atoms with Gasteiger partial charge in [-0.3, -0.25) is 4.21 Å². The van der Waals surface area contributed by atoms with Crippen LogP contribution in [-0.2, 0) is 15.5 Å². The van der Waals surface area contributed by atoms with E-state index in [2.05, 4.69) is 0 Å². The highest BCUT2D eigenvalue weighted by Crippen LogP contribution is 2.24. The summed E-state index contributed by atoms with van der Waals surface area (Å²) in [6.45, 7) is 2.56. The van der Waals surface area contributed by atoms with Crippen molar-refractivity contribution in [1.82, 2.24) is 0 Å². The van der Waals surface area contributed by atoms with Crippen LogP contribution >= 0.6 is 0 Å². The second kappa shape index (κ2) is 4.18. The van der Waals surface area contributed by atoms with E-state index in [1.165, 1.54) is 0 Å². The first-order valence-corrected chi connectivity index (χ1v) is 5.43. The van der Waals surface area contributed by atoms with Crippen molar-refractivity contribution in [3.8, 4) is 0 Å². The van der Waals surface area contributed by atoms with E-state index in [9.17, 15) is 4.21 Å². The van der Waals surface area contributed by atoms with Crippen molar-refractivity contribution in [2.45, 2.75) is 25.6 Å². The summed E-state index contributed by atoms with van der Waals surface area (Å²) in [6.07, 6.45) is 1.69. The summed E-state index contributed by atoms with van der Waals surface area (Å²) in [6, 6.07) is 0. The van der Waals surface area contributed by atoms with E-state index in [0.717, 1.165) is 12.2 Å². The molecular formula is C7H15NO2S. The Morgan fingerprint density at radius 1 is 1.55 bits per heavy atom. The van der Waals surface area contributed by atoms with Gasteiger partial charge in [0.05, 0.1) is 12.2 Å². The molecule has 1 aliphatic rings. The third kappa shape index (κ3) is 3.31. The SMILES string of the molecule is CC1OC1CCS(=O)CCN. The maximum atomic E-state index is 11.1. The fourth-order valence-corrected chi connectivity index (χ4v) is 1.98. The van der Waals surface area contributed by atoms with Gasteiger partial charge in [0, 0.05) is 28.9 Å². The Hall–Kier alpha value is 0.0700. The van der Waals surface area contributed by atoms with Gasteiger partial charge in [-0.2, -0.15) is 0 Å². The summed E-state index contributed by atoms with van der Waals surface area (Å²) < 4.78 is 16.2. The molecule has 1 rings (SSSR count). The van der Waals surface area contributed by atoms with Gasteiger partial charge < -0.3 is 10.5 Å². The molecule has 0 aromatic heterocycles. The van der Waals surface area contributed by atoms with E-state index in [0.29, 0.717) is 24.5 Å². The molecule has 3 unspecified atom stereocenters. The highest BCUT2D eigenvalue weighted by Gasteiger charge is 2.33. The summed E-state index contributed by atoms with van der Waals surface area (Å²) in [5, 5.41) is 0. The lowest BCUT2D eigenvalue weighted by Gasteiger charge is -1.96. The maximum absolute atomic E-state index is 11.1. The van der Waals surface area contributed by atoms with Gasteiger partial charge in [-0.05, 0) is 13.3 Å².